The first-order valence-corrected chi connectivity index (χ1v) is 16.6. The van der Waals surface area contributed by atoms with Gasteiger partial charge in [0, 0.05) is 21.7 Å². The zero-order chi connectivity index (χ0) is 30.9. The van der Waals surface area contributed by atoms with Crippen molar-refractivity contribution in [1.82, 2.24) is 9.97 Å². The van der Waals surface area contributed by atoms with E-state index >= 15 is 0 Å². The number of nitrogens with zero attached hydrogens (tertiary/aromatic N) is 2. The minimum absolute atomic E-state index is 0.495. The predicted octanol–water partition coefficient (Wildman–Crippen LogP) is 10.6. The Labute approximate surface area is 277 Å². The molecule has 3 heterocycles. The number of furan rings is 2. The molecule has 12 rings (SSSR count). The van der Waals surface area contributed by atoms with Crippen molar-refractivity contribution in [1.29, 1.82) is 0 Å². The molecule has 9 aromatic rings. The first-order valence-electron chi connectivity index (χ1n) is 15.8. The number of rotatable bonds is 2. The van der Waals surface area contributed by atoms with Gasteiger partial charge in [-0.05, 0) is 51.6 Å². The number of fused-ring (bicyclic) bond motifs is 6. The summed E-state index contributed by atoms with van der Waals surface area (Å²) >= 11 is 4.31. The Morgan fingerprint density at radius 3 is 1.62 bits per heavy atom. The van der Waals surface area contributed by atoms with E-state index in [4.69, 9.17) is 18.8 Å². The van der Waals surface area contributed by atoms with Gasteiger partial charge in [-0.3, -0.25) is 0 Å². The van der Waals surface area contributed by atoms with E-state index in [2.05, 4.69) is 125 Å². The fourth-order valence-corrected chi connectivity index (χ4v) is 9.52. The van der Waals surface area contributed by atoms with Crippen LogP contribution in [0.2, 0.25) is 0 Å². The SMILES string of the molecule is BrC12c3ccccc3C(c3nc(-c4cccc5c4oc4ccccc45)c4c(n3)oc3ccccc34)(c3ccccc31)c1ccccc12. The second kappa shape index (κ2) is 8.84. The first-order chi connectivity index (χ1) is 23.2. The summed E-state index contributed by atoms with van der Waals surface area (Å²) in [5.41, 5.74) is 11.0. The van der Waals surface area contributed by atoms with Crippen molar-refractivity contribution in [3.8, 4) is 11.3 Å². The molecule has 0 aliphatic heterocycles. The molecule has 0 saturated heterocycles. The van der Waals surface area contributed by atoms with E-state index in [1.165, 1.54) is 16.7 Å². The summed E-state index contributed by atoms with van der Waals surface area (Å²) in [6, 6.07) is 48.8. The van der Waals surface area contributed by atoms with Gasteiger partial charge in [0.15, 0.2) is 5.82 Å². The topological polar surface area (TPSA) is 52.1 Å². The molecule has 0 N–H and O–H groups in total. The summed E-state index contributed by atoms with van der Waals surface area (Å²) in [6.45, 7) is 0. The van der Waals surface area contributed by atoms with Crippen LogP contribution in [0.1, 0.15) is 39.2 Å². The Bertz CT molecular complexity index is 2670. The summed E-state index contributed by atoms with van der Waals surface area (Å²) in [7, 11) is 0. The Morgan fingerprint density at radius 1 is 0.468 bits per heavy atom. The molecule has 0 spiro atoms. The number of para-hydroxylation sites is 3. The molecule has 6 aromatic carbocycles. The van der Waals surface area contributed by atoms with Gasteiger partial charge in [0.05, 0.1) is 11.1 Å². The van der Waals surface area contributed by atoms with Crippen molar-refractivity contribution in [2.75, 3.05) is 0 Å². The molecule has 0 atom stereocenters. The number of benzene rings is 6. The molecule has 0 amide bonds. The highest BCUT2D eigenvalue weighted by Gasteiger charge is 2.60. The molecule has 3 aromatic heterocycles. The van der Waals surface area contributed by atoms with Crippen LogP contribution in [0.5, 0.6) is 0 Å². The lowest BCUT2D eigenvalue weighted by Gasteiger charge is -2.53. The van der Waals surface area contributed by atoms with Gasteiger partial charge in [0.2, 0.25) is 5.71 Å². The van der Waals surface area contributed by atoms with E-state index in [-0.39, 0.29) is 0 Å². The van der Waals surface area contributed by atoms with Crippen molar-refractivity contribution in [2.45, 2.75) is 9.74 Å². The highest BCUT2D eigenvalue weighted by molar-refractivity contribution is 9.10. The van der Waals surface area contributed by atoms with Crippen LogP contribution in [0.3, 0.4) is 0 Å². The second-order valence-corrected chi connectivity index (χ2v) is 13.7. The smallest absolute Gasteiger partial charge is 0.231 e. The van der Waals surface area contributed by atoms with Gasteiger partial charge in [-0.2, -0.15) is 4.98 Å². The highest BCUT2D eigenvalue weighted by Crippen LogP contribution is 2.66. The largest absolute Gasteiger partial charge is 0.455 e. The van der Waals surface area contributed by atoms with Crippen molar-refractivity contribution in [3.63, 3.8) is 0 Å². The zero-order valence-electron chi connectivity index (χ0n) is 24.9. The Kier molecular flexibility index (Phi) is 4.82. The van der Waals surface area contributed by atoms with Crippen molar-refractivity contribution < 1.29 is 8.83 Å². The Balaban J connectivity index is 1.34. The third-order valence-corrected chi connectivity index (χ3v) is 11.6. The van der Waals surface area contributed by atoms with E-state index < -0.39 is 9.74 Å². The molecule has 220 valence electrons. The molecule has 0 radical (unpaired) electrons. The van der Waals surface area contributed by atoms with Crippen molar-refractivity contribution >= 4 is 59.9 Å². The minimum atomic E-state index is -0.789. The van der Waals surface area contributed by atoms with Gasteiger partial charge in [-0.1, -0.05) is 137 Å². The fraction of sp³-hybridized carbons (Fsp3) is 0.0476. The quantitative estimate of drug-likeness (QED) is 0.172. The Hall–Kier alpha value is -5.52. The minimum Gasteiger partial charge on any atom is -0.455 e. The molecule has 3 aliphatic rings. The maximum Gasteiger partial charge on any atom is 0.231 e. The third-order valence-electron chi connectivity index (χ3n) is 10.3. The number of hydrogen-bond donors (Lipinski definition) is 0. The van der Waals surface area contributed by atoms with E-state index in [0.717, 1.165) is 66.2 Å². The molecule has 2 bridgehead atoms. The molecule has 0 unspecified atom stereocenters. The molecular formula is C42H23BrN2O2. The lowest BCUT2D eigenvalue weighted by Crippen LogP contribution is -2.49. The van der Waals surface area contributed by atoms with E-state index in [9.17, 15) is 0 Å². The molecule has 5 heteroatoms. The Morgan fingerprint density at radius 2 is 0.979 bits per heavy atom. The lowest BCUT2D eigenvalue weighted by molar-refractivity contribution is 0.573. The van der Waals surface area contributed by atoms with E-state index in [1.807, 2.05) is 30.3 Å². The van der Waals surface area contributed by atoms with Gasteiger partial charge in [-0.15, -0.1) is 0 Å². The first kappa shape index (κ1) is 25.6. The number of alkyl halides is 1. The van der Waals surface area contributed by atoms with Crippen LogP contribution in [0.15, 0.2) is 148 Å². The predicted molar refractivity (Wildman–Crippen MR) is 189 cm³/mol. The van der Waals surface area contributed by atoms with Crippen molar-refractivity contribution in [3.05, 3.63) is 179 Å². The molecule has 47 heavy (non-hydrogen) atoms. The van der Waals surface area contributed by atoms with Gasteiger partial charge in [-0.25, -0.2) is 4.98 Å². The summed E-state index contributed by atoms with van der Waals surface area (Å²) in [4.78, 5) is 11.1. The fourth-order valence-electron chi connectivity index (χ4n) is 8.48. The molecule has 3 aliphatic carbocycles. The lowest BCUT2D eigenvalue weighted by atomic mass is 9.52. The number of hydrogen-bond acceptors (Lipinski definition) is 4. The highest BCUT2D eigenvalue weighted by atomic mass is 79.9. The molecule has 0 fully saturated rings. The van der Waals surface area contributed by atoms with Gasteiger partial charge >= 0.3 is 0 Å². The standard InChI is InChI=1S/C42H23BrN2O2/c43-42-31-19-6-3-16-28(31)41(29-17-4-7-20-32(29)42,30-18-5-8-21-33(30)42)40-44-37(36-26-13-2-10-23-35(26)47-39(36)45-40)27-15-11-14-25-24-12-1-9-22-34(24)46-38(25)27/h1-23H. The zero-order valence-corrected chi connectivity index (χ0v) is 26.5. The van der Waals surface area contributed by atoms with E-state index in [0.29, 0.717) is 11.5 Å². The molecule has 0 saturated carbocycles. The van der Waals surface area contributed by atoms with Gasteiger partial charge in [0.25, 0.3) is 0 Å². The van der Waals surface area contributed by atoms with Crippen LogP contribution in [0.4, 0.5) is 0 Å². The normalized spacial score (nSPS) is 19.3. The molecular weight excluding hydrogens is 644 g/mol. The second-order valence-electron chi connectivity index (χ2n) is 12.5. The summed E-state index contributed by atoms with van der Waals surface area (Å²) in [5.74, 6) is 0.675. The summed E-state index contributed by atoms with van der Waals surface area (Å²) in [6.07, 6.45) is 0. The van der Waals surface area contributed by atoms with Crippen LogP contribution in [0.25, 0.3) is 55.3 Å². The van der Waals surface area contributed by atoms with E-state index in [1.54, 1.807) is 0 Å². The van der Waals surface area contributed by atoms with Gasteiger partial charge in [0.1, 0.15) is 26.5 Å². The van der Waals surface area contributed by atoms with Crippen molar-refractivity contribution in [2.24, 2.45) is 0 Å². The monoisotopic (exact) mass is 666 g/mol. The third kappa shape index (κ3) is 2.99. The summed E-state index contributed by atoms with van der Waals surface area (Å²) in [5, 5.41) is 3.99. The van der Waals surface area contributed by atoms with Crippen LogP contribution < -0.4 is 0 Å². The van der Waals surface area contributed by atoms with Gasteiger partial charge < -0.3 is 8.83 Å². The van der Waals surface area contributed by atoms with Crippen LogP contribution in [-0.4, -0.2) is 9.97 Å². The molecule has 4 nitrogen and oxygen atoms in total. The maximum atomic E-state index is 6.61. The van der Waals surface area contributed by atoms with Crippen LogP contribution in [-0.2, 0) is 9.74 Å². The number of halogens is 1. The van der Waals surface area contributed by atoms with Crippen LogP contribution >= 0.6 is 15.9 Å². The average molecular weight is 668 g/mol. The average Bonchev–Trinajstić information content (AvgIpc) is 3.70. The maximum absolute atomic E-state index is 6.61. The number of aromatic nitrogens is 2. The van der Waals surface area contributed by atoms with Crippen LogP contribution in [0, 0.1) is 0 Å². The summed E-state index contributed by atoms with van der Waals surface area (Å²) < 4.78 is 12.7.